The van der Waals surface area contributed by atoms with Gasteiger partial charge in [-0.2, -0.15) is 0 Å². The predicted octanol–water partition coefficient (Wildman–Crippen LogP) is 1.01. The highest BCUT2D eigenvalue weighted by atomic mass is 19.1. The topological polar surface area (TPSA) is 73.7 Å². The molecule has 6 heteroatoms. The molecule has 1 saturated heterocycles. The van der Waals surface area contributed by atoms with Crippen molar-refractivity contribution >= 4 is 6.09 Å². The van der Waals surface area contributed by atoms with Crippen LogP contribution in [0, 0.1) is 5.82 Å². The van der Waals surface area contributed by atoms with Crippen LogP contribution in [-0.2, 0) is 0 Å². The first-order chi connectivity index (χ1) is 7.58. The van der Waals surface area contributed by atoms with E-state index in [1.54, 1.807) is 0 Å². The molecular weight excluding hydrogens is 215 g/mol. The van der Waals surface area contributed by atoms with Crippen LogP contribution in [0.4, 0.5) is 9.18 Å². The van der Waals surface area contributed by atoms with Gasteiger partial charge >= 0.3 is 6.09 Å². The number of aromatic nitrogens is 1. The minimum Gasteiger partial charge on any atom is -0.465 e. The van der Waals surface area contributed by atoms with Crippen molar-refractivity contribution in [3.63, 3.8) is 0 Å². The molecule has 0 spiro atoms. The van der Waals surface area contributed by atoms with E-state index in [-0.39, 0.29) is 13.0 Å². The van der Waals surface area contributed by atoms with Crippen molar-refractivity contribution < 1.29 is 19.4 Å². The molecule has 1 aromatic rings. The Morgan fingerprint density at radius 1 is 1.56 bits per heavy atom. The first-order valence-electron chi connectivity index (χ1n) is 4.86. The lowest BCUT2D eigenvalue weighted by Gasteiger charge is -2.20. The number of carbonyl (C=O) groups is 1. The number of hydrogen-bond donors (Lipinski definition) is 2. The van der Waals surface area contributed by atoms with Crippen LogP contribution in [0.2, 0.25) is 0 Å². The Morgan fingerprint density at radius 3 is 2.94 bits per heavy atom. The molecule has 0 aliphatic carbocycles. The van der Waals surface area contributed by atoms with E-state index in [2.05, 4.69) is 4.98 Å². The first kappa shape index (κ1) is 10.8. The van der Waals surface area contributed by atoms with Crippen LogP contribution in [-0.4, -0.2) is 38.8 Å². The maximum absolute atomic E-state index is 13.0. The van der Waals surface area contributed by atoms with Crippen LogP contribution in [0.1, 0.15) is 18.0 Å². The number of nitrogens with zero attached hydrogens (tertiary/aromatic N) is 2. The van der Waals surface area contributed by atoms with Crippen molar-refractivity contribution in [3.05, 3.63) is 29.8 Å². The summed E-state index contributed by atoms with van der Waals surface area (Å²) in [5.74, 6) is -0.510. The smallest absolute Gasteiger partial charge is 0.407 e. The Morgan fingerprint density at radius 2 is 2.31 bits per heavy atom. The molecule has 0 saturated carbocycles. The number of aliphatic hydroxyl groups excluding tert-OH is 1. The second-order valence-electron chi connectivity index (χ2n) is 3.78. The standard InChI is InChI=1S/C10H11FN2O3/c11-7-1-6(3-12-4-7)9-2-8(14)5-13(9)10(15)16/h1,3-4,8-9,14H,2,5H2,(H,15,16)/t8-,9-/m1/s1. The number of carboxylic acid groups (broad SMARTS) is 1. The van der Waals surface area contributed by atoms with Crippen molar-refractivity contribution in [2.75, 3.05) is 6.54 Å². The van der Waals surface area contributed by atoms with Gasteiger partial charge in [-0.15, -0.1) is 0 Å². The molecule has 5 nitrogen and oxygen atoms in total. The lowest BCUT2D eigenvalue weighted by molar-refractivity contribution is 0.131. The molecule has 16 heavy (non-hydrogen) atoms. The van der Waals surface area contributed by atoms with Crippen molar-refractivity contribution in [3.8, 4) is 0 Å². The summed E-state index contributed by atoms with van der Waals surface area (Å²) >= 11 is 0. The van der Waals surface area contributed by atoms with Gasteiger partial charge < -0.3 is 10.2 Å². The third-order valence-electron chi connectivity index (χ3n) is 2.64. The van der Waals surface area contributed by atoms with Gasteiger partial charge in [-0.1, -0.05) is 0 Å². The Hall–Kier alpha value is -1.69. The normalized spacial score (nSPS) is 24.8. The minimum absolute atomic E-state index is 0.0521. The van der Waals surface area contributed by atoms with Crippen LogP contribution in [0.25, 0.3) is 0 Å². The average Bonchev–Trinajstić information content (AvgIpc) is 2.60. The zero-order valence-corrected chi connectivity index (χ0v) is 8.38. The summed E-state index contributed by atoms with van der Waals surface area (Å²) in [6.45, 7) is 0.0521. The maximum atomic E-state index is 13.0. The van der Waals surface area contributed by atoms with Crippen molar-refractivity contribution in [2.24, 2.45) is 0 Å². The Bertz CT molecular complexity index is 413. The minimum atomic E-state index is -1.12. The van der Waals surface area contributed by atoms with Gasteiger partial charge in [-0.05, 0) is 18.1 Å². The molecule has 1 amide bonds. The van der Waals surface area contributed by atoms with E-state index in [0.717, 1.165) is 11.1 Å². The van der Waals surface area contributed by atoms with E-state index in [1.807, 2.05) is 0 Å². The molecule has 0 bridgehead atoms. The quantitative estimate of drug-likeness (QED) is 0.749. The first-order valence-corrected chi connectivity index (χ1v) is 4.86. The van der Waals surface area contributed by atoms with Crippen LogP contribution in [0.15, 0.2) is 18.5 Å². The lowest BCUT2D eigenvalue weighted by Crippen LogP contribution is -2.30. The van der Waals surface area contributed by atoms with Crippen molar-refractivity contribution in [1.29, 1.82) is 0 Å². The van der Waals surface area contributed by atoms with E-state index < -0.39 is 24.1 Å². The van der Waals surface area contributed by atoms with E-state index in [9.17, 15) is 14.3 Å². The molecule has 1 aromatic heterocycles. The molecule has 1 fully saturated rings. The maximum Gasteiger partial charge on any atom is 0.407 e. The SMILES string of the molecule is O=C(O)N1C[C@H](O)C[C@@H]1c1cncc(F)c1. The molecule has 0 unspecified atom stereocenters. The summed E-state index contributed by atoms with van der Waals surface area (Å²) in [5.41, 5.74) is 0.471. The molecule has 2 N–H and O–H groups in total. The Labute approximate surface area is 91.1 Å². The summed E-state index contributed by atoms with van der Waals surface area (Å²) < 4.78 is 13.0. The molecule has 86 valence electrons. The fourth-order valence-corrected chi connectivity index (χ4v) is 1.95. The fraction of sp³-hybridized carbons (Fsp3) is 0.400. The third-order valence-corrected chi connectivity index (χ3v) is 2.64. The molecule has 2 atom stereocenters. The van der Waals surface area contributed by atoms with Gasteiger partial charge in [0.1, 0.15) is 5.82 Å². The predicted molar refractivity (Wildman–Crippen MR) is 52.3 cm³/mol. The highest BCUT2D eigenvalue weighted by Gasteiger charge is 2.35. The molecule has 2 rings (SSSR count). The molecule has 1 aliphatic heterocycles. The zero-order valence-electron chi connectivity index (χ0n) is 8.38. The van der Waals surface area contributed by atoms with Gasteiger partial charge in [0.15, 0.2) is 0 Å². The van der Waals surface area contributed by atoms with Gasteiger partial charge in [-0.3, -0.25) is 9.88 Å². The third kappa shape index (κ3) is 1.96. The van der Waals surface area contributed by atoms with Crippen molar-refractivity contribution in [1.82, 2.24) is 9.88 Å². The van der Waals surface area contributed by atoms with Gasteiger partial charge in [0, 0.05) is 6.20 Å². The number of amides is 1. The highest BCUT2D eigenvalue weighted by Crippen LogP contribution is 2.31. The summed E-state index contributed by atoms with van der Waals surface area (Å²) in [5, 5.41) is 18.4. The lowest BCUT2D eigenvalue weighted by atomic mass is 10.1. The van der Waals surface area contributed by atoms with Crippen LogP contribution in [0.5, 0.6) is 0 Å². The monoisotopic (exact) mass is 226 g/mol. The van der Waals surface area contributed by atoms with Crippen LogP contribution in [0.3, 0.4) is 0 Å². The fourth-order valence-electron chi connectivity index (χ4n) is 1.95. The average molecular weight is 226 g/mol. The van der Waals surface area contributed by atoms with Gasteiger partial charge in [0.2, 0.25) is 0 Å². The second-order valence-corrected chi connectivity index (χ2v) is 3.78. The number of pyridine rings is 1. The largest absolute Gasteiger partial charge is 0.465 e. The molecule has 0 radical (unpaired) electrons. The van der Waals surface area contributed by atoms with E-state index >= 15 is 0 Å². The summed E-state index contributed by atoms with van der Waals surface area (Å²) in [4.78, 5) is 15.7. The van der Waals surface area contributed by atoms with E-state index in [1.165, 1.54) is 12.3 Å². The number of hydrogen-bond acceptors (Lipinski definition) is 3. The molecular formula is C10H11FN2O3. The van der Waals surface area contributed by atoms with Crippen LogP contribution < -0.4 is 0 Å². The van der Waals surface area contributed by atoms with Crippen molar-refractivity contribution in [2.45, 2.75) is 18.6 Å². The Balaban J connectivity index is 2.28. The summed E-state index contributed by atoms with van der Waals surface area (Å²) in [7, 11) is 0. The molecule has 0 aromatic carbocycles. The van der Waals surface area contributed by atoms with Gasteiger partial charge in [-0.25, -0.2) is 9.18 Å². The van der Waals surface area contributed by atoms with Gasteiger partial charge in [0.25, 0.3) is 0 Å². The summed E-state index contributed by atoms with van der Waals surface area (Å²) in [6.07, 6.45) is 0.925. The summed E-state index contributed by atoms with van der Waals surface area (Å²) in [6, 6.07) is 0.724. The van der Waals surface area contributed by atoms with E-state index in [4.69, 9.17) is 5.11 Å². The number of halogens is 1. The highest BCUT2D eigenvalue weighted by molar-refractivity contribution is 5.66. The second kappa shape index (κ2) is 4.05. The number of rotatable bonds is 1. The number of likely N-dealkylation sites (tertiary alicyclic amines) is 1. The van der Waals surface area contributed by atoms with Crippen LogP contribution >= 0.6 is 0 Å². The number of aliphatic hydroxyl groups is 1. The number of β-amino-alcohol motifs (C(OH)–C–C–N with tert-alkyl or cyclic N) is 1. The zero-order chi connectivity index (χ0) is 11.7. The van der Waals surface area contributed by atoms with Gasteiger partial charge in [0.05, 0.1) is 24.9 Å². The molecule has 2 heterocycles. The van der Waals surface area contributed by atoms with E-state index in [0.29, 0.717) is 5.56 Å². The molecule has 1 aliphatic rings. The Kier molecular flexibility index (Phi) is 2.74.